The van der Waals surface area contributed by atoms with Gasteiger partial charge in [-0.25, -0.2) is 12.1 Å². The van der Waals surface area contributed by atoms with Crippen LogP contribution in [-0.2, 0) is 32.7 Å². The van der Waals surface area contributed by atoms with Crippen molar-refractivity contribution >= 4 is 6.08 Å². The van der Waals surface area contributed by atoms with Crippen molar-refractivity contribution in [1.82, 2.24) is 0 Å². The molecule has 1 radical (unpaired) electrons. The van der Waals surface area contributed by atoms with Crippen LogP contribution in [0.2, 0.25) is 0 Å². The Morgan fingerprint density at radius 3 is 2.82 bits per heavy atom. The van der Waals surface area contributed by atoms with Crippen LogP contribution in [0, 0.1) is 19.1 Å². The second-order valence-electron chi connectivity index (χ2n) is 2.25. The number of benzene rings is 1. The van der Waals surface area contributed by atoms with Gasteiger partial charge in [-0.1, -0.05) is 6.92 Å². The van der Waals surface area contributed by atoms with E-state index in [2.05, 4.69) is 25.1 Å². The van der Waals surface area contributed by atoms with E-state index >= 15 is 0 Å². The molecule has 1 aromatic carbocycles. The Morgan fingerprint density at radius 1 is 1.55 bits per heavy atom. The predicted molar refractivity (Wildman–Crippen MR) is 43.4 cm³/mol. The maximum absolute atomic E-state index is 3.09. The summed E-state index contributed by atoms with van der Waals surface area (Å²) in [5.74, 6) is 0. The number of hydrogen-bond donors (Lipinski definition) is 0. The monoisotopic (exact) mass is 219 g/mol. The van der Waals surface area contributed by atoms with Gasteiger partial charge in [0.05, 0.1) is 0 Å². The fraction of sp³-hybridized carbons (Fsp3) is 0.200. The topological polar surface area (TPSA) is 0 Å². The van der Waals surface area contributed by atoms with Crippen molar-refractivity contribution in [1.29, 1.82) is 0 Å². The van der Waals surface area contributed by atoms with Gasteiger partial charge in [0.2, 0.25) is 0 Å². The zero-order valence-electron chi connectivity index (χ0n) is 6.89. The molecule has 0 atom stereocenters. The van der Waals surface area contributed by atoms with Crippen LogP contribution >= 0.6 is 0 Å². The quantitative estimate of drug-likeness (QED) is 0.637. The van der Waals surface area contributed by atoms with Gasteiger partial charge in [0.25, 0.3) is 0 Å². The van der Waals surface area contributed by atoms with E-state index in [-0.39, 0.29) is 32.7 Å². The van der Waals surface area contributed by atoms with Gasteiger partial charge < -0.3 is 17.7 Å². The molecule has 0 saturated heterocycles. The van der Waals surface area contributed by atoms with Gasteiger partial charge in [-0.15, -0.1) is 13.0 Å². The number of rotatable bonds is 1. The average Bonchev–Trinajstić information content (AvgIpc) is 1.88. The second kappa shape index (κ2) is 5.68. The minimum atomic E-state index is 0. The van der Waals surface area contributed by atoms with Crippen LogP contribution in [0.5, 0.6) is 0 Å². The molecule has 0 aromatic heterocycles. The summed E-state index contributed by atoms with van der Waals surface area (Å²) in [5, 5.41) is 0. The molecule has 0 nitrogen and oxygen atoms in total. The van der Waals surface area contributed by atoms with Crippen LogP contribution in [0.3, 0.4) is 0 Å². The van der Waals surface area contributed by atoms with Gasteiger partial charge in [0.15, 0.2) is 0 Å². The first-order valence-electron chi connectivity index (χ1n) is 3.32. The summed E-state index contributed by atoms with van der Waals surface area (Å²) in [4.78, 5) is 0. The molecule has 0 aliphatic heterocycles. The Balaban J connectivity index is 0.000001000. The van der Waals surface area contributed by atoms with Crippen LogP contribution in [0.4, 0.5) is 0 Å². The minimum Gasteiger partial charge on any atom is -0.330 e. The number of allylic oxidation sites excluding steroid dienone is 1. The zero-order chi connectivity index (χ0) is 7.40. The number of hydrogen-bond acceptors (Lipinski definition) is 0. The van der Waals surface area contributed by atoms with Crippen molar-refractivity contribution in [2.75, 3.05) is 0 Å². The fourth-order valence-corrected chi connectivity index (χ4v) is 0.843. The molecule has 0 bridgehead atoms. The van der Waals surface area contributed by atoms with E-state index < -0.39 is 0 Å². The van der Waals surface area contributed by atoms with Crippen LogP contribution in [0.25, 0.3) is 6.08 Å². The molecule has 11 heavy (non-hydrogen) atoms. The van der Waals surface area contributed by atoms with Gasteiger partial charge >= 0.3 is 0 Å². The van der Waals surface area contributed by atoms with Crippen molar-refractivity contribution in [3.05, 3.63) is 41.5 Å². The summed E-state index contributed by atoms with van der Waals surface area (Å²) in [7, 11) is 0. The van der Waals surface area contributed by atoms with Crippen LogP contribution < -0.4 is 0 Å². The molecule has 1 aromatic rings. The average molecular weight is 219 g/mol. The molecule has 0 heterocycles. The molecule has 1 rings (SSSR count). The van der Waals surface area contributed by atoms with Crippen molar-refractivity contribution in [3.8, 4) is 0 Å². The SMILES string of the molecule is C[C-]=Cc1[c-]ccc(C)c1.[Y]. The third kappa shape index (κ3) is 3.83. The molecular weight excluding hydrogens is 209 g/mol. The first-order chi connectivity index (χ1) is 4.83. The van der Waals surface area contributed by atoms with E-state index in [9.17, 15) is 0 Å². The fourth-order valence-electron chi connectivity index (χ4n) is 0.843. The summed E-state index contributed by atoms with van der Waals surface area (Å²) >= 11 is 0. The van der Waals surface area contributed by atoms with Crippen LogP contribution in [0.1, 0.15) is 18.1 Å². The predicted octanol–water partition coefficient (Wildman–Crippen LogP) is 2.63. The van der Waals surface area contributed by atoms with E-state index in [1.54, 1.807) is 0 Å². The van der Waals surface area contributed by atoms with E-state index in [4.69, 9.17) is 0 Å². The van der Waals surface area contributed by atoms with E-state index in [0.29, 0.717) is 0 Å². The molecule has 0 amide bonds. The Kier molecular flexibility index (Phi) is 5.71. The summed E-state index contributed by atoms with van der Waals surface area (Å²) in [5.41, 5.74) is 2.36. The third-order valence-electron chi connectivity index (χ3n) is 1.28. The zero-order valence-corrected chi connectivity index (χ0v) is 9.73. The van der Waals surface area contributed by atoms with Crippen molar-refractivity contribution < 1.29 is 32.7 Å². The Morgan fingerprint density at radius 2 is 2.27 bits per heavy atom. The van der Waals surface area contributed by atoms with E-state index in [1.165, 1.54) is 5.56 Å². The van der Waals surface area contributed by atoms with Gasteiger partial charge in [-0.3, -0.25) is 0 Å². The molecule has 0 aliphatic rings. The van der Waals surface area contributed by atoms with E-state index in [1.807, 2.05) is 25.1 Å². The molecule has 0 N–H and O–H groups in total. The standard InChI is InChI=1S/C10H10.Y/c1-3-5-10-7-4-6-9(2)8-10;/h4-6,8H,1-2H3;/q-2;. The second-order valence-corrected chi connectivity index (χ2v) is 2.25. The molecule has 0 aliphatic carbocycles. The van der Waals surface area contributed by atoms with Crippen LogP contribution in [-0.4, -0.2) is 0 Å². The van der Waals surface area contributed by atoms with Gasteiger partial charge in [0.1, 0.15) is 0 Å². The number of aryl methyl sites for hydroxylation is 1. The Bertz CT molecular complexity index is 238. The van der Waals surface area contributed by atoms with E-state index in [0.717, 1.165) is 5.56 Å². The Labute approximate surface area is 93.6 Å². The van der Waals surface area contributed by atoms with Crippen LogP contribution in [0.15, 0.2) is 18.2 Å². The van der Waals surface area contributed by atoms with Crippen molar-refractivity contribution in [2.45, 2.75) is 13.8 Å². The molecule has 0 saturated carbocycles. The molecule has 55 valence electrons. The maximum Gasteiger partial charge on any atom is 0 e. The molecule has 0 unspecified atom stereocenters. The first-order valence-corrected chi connectivity index (χ1v) is 3.32. The molecule has 1 heteroatoms. The third-order valence-corrected chi connectivity index (χ3v) is 1.28. The normalized spacial score (nSPS) is 9.64. The van der Waals surface area contributed by atoms with Gasteiger partial charge in [-0.05, 0) is 0 Å². The molecule has 0 spiro atoms. The first kappa shape index (κ1) is 11.1. The van der Waals surface area contributed by atoms with Gasteiger partial charge in [0, 0.05) is 32.7 Å². The smallest absolute Gasteiger partial charge is 0 e. The molecule has 0 fully saturated rings. The maximum atomic E-state index is 3.09. The summed E-state index contributed by atoms with van der Waals surface area (Å²) in [6.45, 7) is 3.96. The van der Waals surface area contributed by atoms with Crippen molar-refractivity contribution in [3.63, 3.8) is 0 Å². The van der Waals surface area contributed by atoms with Crippen molar-refractivity contribution in [2.24, 2.45) is 0 Å². The minimum absolute atomic E-state index is 0. The summed E-state index contributed by atoms with van der Waals surface area (Å²) in [6, 6.07) is 9.14. The molecular formula is C10H10Y-2. The summed E-state index contributed by atoms with van der Waals surface area (Å²) in [6.07, 6.45) is 4.88. The Hall–Kier alpha value is 0.0639. The summed E-state index contributed by atoms with van der Waals surface area (Å²) < 4.78 is 0. The largest absolute Gasteiger partial charge is 0.330 e. The van der Waals surface area contributed by atoms with Gasteiger partial charge in [-0.2, -0.15) is 11.6 Å².